The minimum absolute atomic E-state index is 0.0126. The number of rotatable bonds is 8. The first kappa shape index (κ1) is 22.8. The SMILES string of the molecule is COc1ccc(S(=O)(=O)N2CCC(C(=O)NC(CC(C)C)c3cccs3)CC2)cc1. The zero-order valence-electron chi connectivity index (χ0n) is 17.7. The highest BCUT2D eigenvalue weighted by Crippen LogP contribution is 2.28. The Morgan fingerprint density at radius 3 is 2.40 bits per heavy atom. The monoisotopic (exact) mass is 450 g/mol. The van der Waals surface area contributed by atoms with Gasteiger partial charge in [-0.25, -0.2) is 8.42 Å². The van der Waals surface area contributed by atoms with Crippen LogP contribution in [0.3, 0.4) is 0 Å². The summed E-state index contributed by atoms with van der Waals surface area (Å²) in [4.78, 5) is 14.3. The summed E-state index contributed by atoms with van der Waals surface area (Å²) in [6.45, 7) is 4.99. The number of sulfonamides is 1. The van der Waals surface area contributed by atoms with Crippen LogP contribution in [0.25, 0.3) is 0 Å². The summed E-state index contributed by atoms with van der Waals surface area (Å²) in [5.41, 5.74) is 0. The molecule has 0 aliphatic carbocycles. The van der Waals surface area contributed by atoms with Gasteiger partial charge in [-0.2, -0.15) is 4.31 Å². The van der Waals surface area contributed by atoms with Crippen LogP contribution in [0.4, 0.5) is 0 Å². The number of ether oxygens (including phenoxy) is 1. The first-order valence-corrected chi connectivity index (χ1v) is 12.6. The Morgan fingerprint density at radius 2 is 1.87 bits per heavy atom. The molecule has 1 atom stereocenters. The lowest BCUT2D eigenvalue weighted by Gasteiger charge is -2.31. The molecule has 3 rings (SSSR count). The van der Waals surface area contributed by atoms with Crippen molar-refractivity contribution >= 4 is 27.3 Å². The summed E-state index contributed by atoms with van der Waals surface area (Å²) in [6, 6.07) is 10.5. The van der Waals surface area contributed by atoms with Gasteiger partial charge in [0.25, 0.3) is 0 Å². The van der Waals surface area contributed by atoms with E-state index in [1.54, 1.807) is 42.7 Å². The second-order valence-corrected chi connectivity index (χ2v) is 11.0. The Balaban J connectivity index is 1.60. The number of carbonyl (C=O) groups is 1. The molecule has 0 saturated carbocycles. The van der Waals surface area contributed by atoms with E-state index in [0.717, 1.165) is 11.3 Å². The fourth-order valence-corrected chi connectivity index (χ4v) is 6.01. The lowest BCUT2D eigenvalue weighted by Crippen LogP contribution is -2.43. The summed E-state index contributed by atoms with van der Waals surface area (Å²) >= 11 is 1.65. The van der Waals surface area contributed by atoms with E-state index in [-0.39, 0.29) is 22.8 Å². The van der Waals surface area contributed by atoms with E-state index >= 15 is 0 Å². The molecular formula is C22H30N2O4S2. The molecule has 6 nitrogen and oxygen atoms in total. The van der Waals surface area contributed by atoms with Crippen molar-refractivity contribution in [1.82, 2.24) is 9.62 Å². The molecule has 1 aromatic heterocycles. The van der Waals surface area contributed by atoms with Gasteiger partial charge in [0.2, 0.25) is 15.9 Å². The Labute approximate surface area is 183 Å². The van der Waals surface area contributed by atoms with E-state index in [0.29, 0.717) is 37.6 Å². The van der Waals surface area contributed by atoms with E-state index in [2.05, 4.69) is 25.2 Å². The number of methoxy groups -OCH3 is 1. The first-order valence-electron chi connectivity index (χ1n) is 10.3. The van der Waals surface area contributed by atoms with Crippen LogP contribution >= 0.6 is 11.3 Å². The maximum atomic E-state index is 12.9. The van der Waals surface area contributed by atoms with Crippen LogP contribution in [0.15, 0.2) is 46.7 Å². The average molecular weight is 451 g/mol. The molecule has 0 radical (unpaired) electrons. The van der Waals surface area contributed by atoms with Gasteiger partial charge in [-0.1, -0.05) is 19.9 Å². The van der Waals surface area contributed by atoms with Crippen LogP contribution in [0.2, 0.25) is 0 Å². The third-order valence-corrected chi connectivity index (χ3v) is 8.33. The Hall–Kier alpha value is -1.90. The second-order valence-electron chi connectivity index (χ2n) is 8.06. The second kappa shape index (κ2) is 9.94. The van der Waals surface area contributed by atoms with Crippen molar-refractivity contribution in [2.45, 2.75) is 44.0 Å². The Kier molecular flexibility index (Phi) is 7.55. The molecule has 0 bridgehead atoms. The maximum absolute atomic E-state index is 12.9. The Morgan fingerprint density at radius 1 is 1.20 bits per heavy atom. The van der Waals surface area contributed by atoms with Gasteiger partial charge in [-0.3, -0.25) is 4.79 Å². The summed E-state index contributed by atoms with van der Waals surface area (Å²) < 4.78 is 32.4. The molecular weight excluding hydrogens is 420 g/mol. The number of piperidine rings is 1. The van der Waals surface area contributed by atoms with Crippen LogP contribution in [0.5, 0.6) is 5.75 Å². The van der Waals surface area contributed by atoms with Crippen molar-refractivity contribution in [2.75, 3.05) is 20.2 Å². The molecule has 1 aliphatic rings. The van der Waals surface area contributed by atoms with Gasteiger partial charge in [0.05, 0.1) is 18.0 Å². The fourth-order valence-electron chi connectivity index (χ4n) is 3.75. The molecule has 1 unspecified atom stereocenters. The molecule has 8 heteroatoms. The number of benzene rings is 1. The van der Waals surface area contributed by atoms with E-state index in [9.17, 15) is 13.2 Å². The number of hydrogen-bond donors (Lipinski definition) is 1. The van der Waals surface area contributed by atoms with E-state index < -0.39 is 10.0 Å². The first-order chi connectivity index (χ1) is 14.3. The van der Waals surface area contributed by atoms with E-state index in [4.69, 9.17) is 4.74 Å². The number of nitrogens with zero attached hydrogens (tertiary/aromatic N) is 1. The lowest BCUT2D eigenvalue weighted by atomic mass is 9.95. The summed E-state index contributed by atoms with van der Waals surface area (Å²) in [7, 11) is -2.02. The van der Waals surface area contributed by atoms with Crippen molar-refractivity contribution in [1.29, 1.82) is 0 Å². The molecule has 1 saturated heterocycles. The minimum Gasteiger partial charge on any atom is -0.497 e. The van der Waals surface area contributed by atoms with Crippen molar-refractivity contribution in [3.8, 4) is 5.75 Å². The highest BCUT2D eigenvalue weighted by atomic mass is 32.2. The van der Waals surface area contributed by atoms with E-state index in [1.165, 1.54) is 4.31 Å². The molecule has 1 aliphatic heterocycles. The van der Waals surface area contributed by atoms with Crippen molar-refractivity contribution < 1.29 is 17.9 Å². The largest absolute Gasteiger partial charge is 0.497 e. The standard InChI is InChI=1S/C22H30N2O4S2/c1-16(2)15-20(21-5-4-14-29-21)23-22(25)17-10-12-24(13-11-17)30(26,27)19-8-6-18(28-3)7-9-19/h4-9,14,16-17,20H,10-13,15H2,1-3H3,(H,23,25). The maximum Gasteiger partial charge on any atom is 0.243 e. The van der Waals surface area contributed by atoms with Crippen LogP contribution in [0.1, 0.15) is 44.0 Å². The highest BCUT2D eigenvalue weighted by Gasteiger charge is 2.33. The number of hydrogen-bond acceptors (Lipinski definition) is 5. The quantitative estimate of drug-likeness (QED) is 0.658. The third kappa shape index (κ3) is 5.42. The zero-order valence-corrected chi connectivity index (χ0v) is 19.3. The van der Waals surface area contributed by atoms with Gasteiger partial charge in [0.1, 0.15) is 5.75 Å². The molecule has 1 amide bonds. The van der Waals surface area contributed by atoms with Crippen LogP contribution in [-0.4, -0.2) is 38.8 Å². The zero-order chi connectivity index (χ0) is 21.7. The lowest BCUT2D eigenvalue weighted by molar-refractivity contribution is -0.127. The van der Waals surface area contributed by atoms with Gasteiger partial charge >= 0.3 is 0 Å². The topological polar surface area (TPSA) is 75.7 Å². The molecule has 164 valence electrons. The van der Waals surface area contributed by atoms with Crippen molar-refractivity contribution in [3.63, 3.8) is 0 Å². The molecule has 1 fully saturated rings. The third-order valence-electron chi connectivity index (χ3n) is 5.43. The Bertz CT molecular complexity index is 917. The molecule has 1 aromatic carbocycles. The van der Waals surface area contributed by atoms with E-state index in [1.807, 2.05) is 11.4 Å². The molecule has 0 spiro atoms. The number of carbonyl (C=O) groups excluding carboxylic acids is 1. The van der Waals surface area contributed by atoms with Gasteiger partial charge in [-0.05, 0) is 60.9 Å². The summed E-state index contributed by atoms with van der Waals surface area (Å²) in [5, 5.41) is 5.23. The van der Waals surface area contributed by atoms with Crippen LogP contribution in [0, 0.1) is 11.8 Å². The highest BCUT2D eigenvalue weighted by molar-refractivity contribution is 7.89. The van der Waals surface area contributed by atoms with Gasteiger partial charge in [-0.15, -0.1) is 11.3 Å². The van der Waals surface area contributed by atoms with Crippen LogP contribution in [-0.2, 0) is 14.8 Å². The summed E-state index contributed by atoms with van der Waals surface area (Å²) in [6.07, 6.45) is 1.94. The minimum atomic E-state index is -3.56. The number of nitrogens with one attached hydrogen (secondary N) is 1. The average Bonchev–Trinajstić information content (AvgIpc) is 3.28. The van der Waals surface area contributed by atoms with Crippen molar-refractivity contribution in [3.05, 3.63) is 46.7 Å². The molecule has 2 heterocycles. The van der Waals surface area contributed by atoms with Gasteiger partial charge < -0.3 is 10.1 Å². The van der Waals surface area contributed by atoms with Gasteiger partial charge in [0.15, 0.2) is 0 Å². The number of amides is 1. The molecule has 2 aromatic rings. The normalized spacial score (nSPS) is 17.1. The fraction of sp³-hybridized carbons (Fsp3) is 0.500. The van der Waals surface area contributed by atoms with Crippen molar-refractivity contribution in [2.24, 2.45) is 11.8 Å². The summed E-state index contributed by atoms with van der Waals surface area (Å²) in [5.74, 6) is 0.942. The predicted octanol–water partition coefficient (Wildman–Crippen LogP) is 4.06. The smallest absolute Gasteiger partial charge is 0.243 e. The predicted molar refractivity (Wildman–Crippen MR) is 119 cm³/mol. The van der Waals surface area contributed by atoms with Crippen LogP contribution < -0.4 is 10.1 Å². The number of thiophene rings is 1. The molecule has 1 N–H and O–H groups in total. The van der Waals surface area contributed by atoms with Gasteiger partial charge in [0, 0.05) is 23.9 Å². The molecule has 30 heavy (non-hydrogen) atoms.